The molecule has 212 valence electrons. The van der Waals surface area contributed by atoms with Crippen LogP contribution in [-0.2, 0) is 0 Å². The Bertz CT molecular complexity index is 1280. The van der Waals surface area contributed by atoms with Gasteiger partial charge in [0, 0.05) is 73.9 Å². The summed E-state index contributed by atoms with van der Waals surface area (Å²) < 4.78 is 0.953. The summed E-state index contributed by atoms with van der Waals surface area (Å²) in [7, 11) is 0. The number of carbonyl (C=O) groups is 1. The maximum atomic E-state index is 12.9. The molecular weight excluding hydrogens is 534 g/mol. The predicted molar refractivity (Wildman–Crippen MR) is 156 cm³/mol. The number of aromatic hydroxyl groups is 1. The molecule has 3 heterocycles. The van der Waals surface area contributed by atoms with Crippen molar-refractivity contribution < 1.29 is 9.90 Å². The molecule has 3 aromatic rings. The number of hydrogen-bond donors (Lipinski definition) is 6. The molecule has 0 spiro atoms. The minimum absolute atomic E-state index is 0.0361. The van der Waals surface area contributed by atoms with Gasteiger partial charge in [-0.2, -0.15) is 15.0 Å². The molecule has 0 bridgehead atoms. The lowest BCUT2D eigenvalue weighted by molar-refractivity contribution is 0.100. The second-order valence-electron chi connectivity index (χ2n) is 10.4. The number of aromatic nitrogens is 3. The Morgan fingerprint density at radius 3 is 1.88 bits per heavy atom. The number of rotatable bonds is 6. The smallest absolute Gasteiger partial charge is 0.276 e. The second-order valence-corrected chi connectivity index (χ2v) is 10.7. The summed E-state index contributed by atoms with van der Waals surface area (Å²) in [5.74, 6) is 0.247. The van der Waals surface area contributed by atoms with Crippen LogP contribution < -0.4 is 42.5 Å². The topological polar surface area (TPSA) is 202 Å². The van der Waals surface area contributed by atoms with E-state index in [1.807, 2.05) is 15.9 Å². The van der Waals surface area contributed by atoms with Crippen LogP contribution in [0.1, 0.15) is 23.2 Å². The summed E-state index contributed by atoms with van der Waals surface area (Å²) in [6.45, 7) is 2.18. The van der Waals surface area contributed by atoms with Gasteiger partial charge < -0.3 is 43.2 Å². The Morgan fingerprint density at radius 1 is 0.850 bits per heavy atom. The number of hydrogen-bond acceptors (Lipinski definition) is 12. The number of phenols is 1. The molecule has 14 heteroatoms. The van der Waals surface area contributed by atoms with Crippen LogP contribution in [0.25, 0.3) is 0 Å². The van der Waals surface area contributed by atoms with Gasteiger partial charge in [-0.15, -0.1) is 0 Å². The van der Waals surface area contributed by atoms with Crippen molar-refractivity contribution in [3.05, 3.63) is 54.1 Å². The number of carbonyl (C=O) groups excluding carboxylic acids is 1. The van der Waals surface area contributed by atoms with Gasteiger partial charge in [-0.25, -0.2) is 4.42 Å². The highest BCUT2D eigenvalue weighted by Gasteiger charge is 2.29. The molecule has 2 aliphatic rings. The first kappa shape index (κ1) is 27.8. The molecular formula is C26H34ClN11O2. The Labute approximate surface area is 237 Å². The lowest BCUT2D eigenvalue weighted by Crippen LogP contribution is -2.54. The van der Waals surface area contributed by atoms with E-state index in [1.54, 1.807) is 30.3 Å². The van der Waals surface area contributed by atoms with Crippen molar-refractivity contribution in [1.82, 2.24) is 15.0 Å². The second kappa shape index (κ2) is 11.8. The van der Waals surface area contributed by atoms with Gasteiger partial charge in [-0.1, -0.05) is 18.2 Å². The molecule has 0 aliphatic carbocycles. The molecule has 1 aromatic heterocycles. The van der Waals surface area contributed by atoms with Crippen molar-refractivity contribution in [1.29, 1.82) is 0 Å². The molecule has 4 unspecified atom stereocenters. The number of benzene rings is 2. The average molecular weight is 568 g/mol. The maximum Gasteiger partial charge on any atom is 0.276 e. The number of phenolic OH excluding ortho intramolecular Hbond substituents is 1. The van der Waals surface area contributed by atoms with Gasteiger partial charge in [0.1, 0.15) is 5.75 Å². The van der Waals surface area contributed by atoms with E-state index in [0.29, 0.717) is 62.3 Å². The number of anilines is 5. The Morgan fingerprint density at radius 2 is 1.38 bits per heavy atom. The van der Waals surface area contributed by atoms with E-state index in [9.17, 15) is 9.90 Å². The molecule has 4 atom stereocenters. The molecule has 0 saturated carbocycles. The molecule has 5 rings (SSSR count). The summed E-state index contributed by atoms with van der Waals surface area (Å²) in [5, 5.41) is 13.8. The minimum atomic E-state index is -0.572. The van der Waals surface area contributed by atoms with Gasteiger partial charge in [-0.05, 0) is 37.1 Å². The van der Waals surface area contributed by atoms with Crippen molar-refractivity contribution >= 4 is 46.9 Å². The van der Waals surface area contributed by atoms with Gasteiger partial charge in [0.25, 0.3) is 5.91 Å². The predicted octanol–water partition coefficient (Wildman–Crippen LogP) is 0.851. The third-order valence-corrected chi connectivity index (χ3v) is 7.20. The standard InChI is InChI=1S/C26H34ClN11O2/c27-38(20-4-2-1-3-5-20)23(40)21-7-6-19(10-22(21)39)32-24-33-25(36-11-15(28)8-16(29)12-36)35-26(34-24)37-13-17(30)9-18(31)14-37/h1-7,10,15-18,39H,8-9,11-14,28-31H2,(H,32,33,34,35). The largest absolute Gasteiger partial charge is 0.507 e. The van der Waals surface area contributed by atoms with E-state index < -0.39 is 5.91 Å². The molecule has 2 fully saturated rings. The third kappa shape index (κ3) is 6.35. The van der Waals surface area contributed by atoms with Crippen molar-refractivity contribution in [3.63, 3.8) is 0 Å². The van der Waals surface area contributed by atoms with Gasteiger partial charge in [0.2, 0.25) is 17.8 Å². The van der Waals surface area contributed by atoms with Crippen LogP contribution in [0, 0.1) is 0 Å². The zero-order chi connectivity index (χ0) is 28.4. The normalized spacial score (nSPS) is 23.1. The number of nitrogens with zero attached hydrogens (tertiary/aromatic N) is 6. The van der Waals surface area contributed by atoms with Crippen LogP contribution >= 0.6 is 11.8 Å². The number of halogens is 1. The monoisotopic (exact) mass is 567 g/mol. The molecule has 2 aliphatic heterocycles. The number of para-hydroxylation sites is 1. The highest BCUT2D eigenvalue weighted by molar-refractivity contribution is 6.39. The summed E-state index contributed by atoms with van der Waals surface area (Å²) in [4.78, 5) is 30.8. The fourth-order valence-corrected chi connectivity index (χ4v) is 5.28. The molecule has 13 nitrogen and oxygen atoms in total. The van der Waals surface area contributed by atoms with E-state index in [2.05, 4.69) is 15.3 Å². The molecule has 1 amide bonds. The van der Waals surface area contributed by atoms with Crippen molar-refractivity contribution in [2.75, 3.05) is 45.7 Å². The first-order valence-electron chi connectivity index (χ1n) is 13.1. The fourth-order valence-electron chi connectivity index (χ4n) is 5.08. The van der Waals surface area contributed by atoms with Crippen LogP contribution in [0.5, 0.6) is 5.75 Å². The third-order valence-electron chi connectivity index (χ3n) is 6.85. The summed E-state index contributed by atoms with van der Waals surface area (Å²) >= 11 is 6.24. The summed E-state index contributed by atoms with van der Waals surface area (Å²) in [6, 6.07) is 12.8. The number of amides is 1. The number of nitrogens with one attached hydrogen (secondary N) is 1. The average Bonchev–Trinajstić information content (AvgIpc) is 2.91. The van der Waals surface area contributed by atoms with E-state index in [4.69, 9.17) is 39.7 Å². The van der Waals surface area contributed by atoms with Crippen LogP contribution in [0.4, 0.5) is 29.2 Å². The van der Waals surface area contributed by atoms with Gasteiger partial charge in [0.05, 0.1) is 11.3 Å². The molecule has 2 saturated heterocycles. The maximum absolute atomic E-state index is 12.9. The molecule has 2 aromatic carbocycles. The van der Waals surface area contributed by atoms with Crippen LogP contribution in [0.3, 0.4) is 0 Å². The van der Waals surface area contributed by atoms with E-state index in [-0.39, 0.29) is 41.4 Å². The van der Waals surface area contributed by atoms with Gasteiger partial charge in [-0.3, -0.25) is 4.79 Å². The SMILES string of the molecule is NC1CC(N)CN(c2nc(Nc3ccc(C(=O)N(Cl)c4ccccc4)c(O)c3)nc(N3CC(N)CC(N)C3)n2)C1. The van der Waals surface area contributed by atoms with Crippen molar-refractivity contribution in [2.24, 2.45) is 22.9 Å². The van der Waals surface area contributed by atoms with Crippen LogP contribution in [0.2, 0.25) is 0 Å². The fraction of sp³-hybridized carbons (Fsp3) is 0.385. The number of piperidine rings is 2. The van der Waals surface area contributed by atoms with Gasteiger partial charge >= 0.3 is 0 Å². The zero-order valence-corrected chi connectivity index (χ0v) is 22.7. The van der Waals surface area contributed by atoms with Crippen LogP contribution in [-0.4, -0.2) is 76.3 Å². The first-order valence-corrected chi connectivity index (χ1v) is 13.4. The zero-order valence-electron chi connectivity index (χ0n) is 21.9. The van der Waals surface area contributed by atoms with Crippen molar-refractivity contribution in [2.45, 2.75) is 37.0 Å². The van der Waals surface area contributed by atoms with E-state index in [1.165, 1.54) is 12.1 Å². The number of nitrogens with two attached hydrogens (primary N) is 4. The molecule has 40 heavy (non-hydrogen) atoms. The Balaban J connectivity index is 1.42. The lowest BCUT2D eigenvalue weighted by Gasteiger charge is -2.37. The first-order chi connectivity index (χ1) is 19.2. The summed E-state index contributed by atoms with van der Waals surface area (Å²) in [5.41, 5.74) is 25.9. The highest BCUT2D eigenvalue weighted by Crippen LogP contribution is 2.29. The Hall–Kier alpha value is -3.75. The summed E-state index contributed by atoms with van der Waals surface area (Å²) in [6.07, 6.45) is 1.42. The van der Waals surface area contributed by atoms with Gasteiger partial charge in [0.15, 0.2) is 0 Å². The highest BCUT2D eigenvalue weighted by atomic mass is 35.5. The molecule has 0 radical (unpaired) electrons. The minimum Gasteiger partial charge on any atom is -0.507 e. The Kier molecular flexibility index (Phi) is 8.19. The quantitative estimate of drug-likeness (QED) is 0.229. The van der Waals surface area contributed by atoms with Crippen molar-refractivity contribution in [3.8, 4) is 5.75 Å². The van der Waals surface area contributed by atoms with Crippen LogP contribution in [0.15, 0.2) is 48.5 Å². The van der Waals surface area contributed by atoms with E-state index >= 15 is 0 Å². The van der Waals surface area contributed by atoms with E-state index in [0.717, 1.165) is 4.42 Å². The lowest BCUT2D eigenvalue weighted by atomic mass is 10.0. The molecule has 10 N–H and O–H groups in total.